The Kier molecular flexibility index (Phi) is 16.8. The summed E-state index contributed by atoms with van der Waals surface area (Å²) in [5.74, 6) is -0.944. The van der Waals surface area contributed by atoms with Crippen LogP contribution in [0.3, 0.4) is 0 Å². The first kappa shape index (κ1) is 30.9. The average Bonchev–Trinajstić information content (AvgIpc) is 2.69. The predicted octanol–water partition coefficient (Wildman–Crippen LogP) is 8.26. The van der Waals surface area contributed by atoms with Crippen LogP contribution in [0.4, 0.5) is 0 Å². The number of ether oxygens (including phenoxy) is 2. The zero-order valence-electron chi connectivity index (χ0n) is 22.5. The summed E-state index contributed by atoms with van der Waals surface area (Å²) in [5, 5.41) is 0. The second-order valence-electron chi connectivity index (χ2n) is 12.0. The summed E-state index contributed by atoms with van der Waals surface area (Å²) in [6.07, 6.45) is 16.2. The van der Waals surface area contributed by atoms with Gasteiger partial charge in [0.25, 0.3) is 0 Å². The molecule has 0 radical (unpaired) electrons. The standard InChI is InChI=1S/C28H54O4/c1-8-9-10-11-12-13-14-15-16-17-18-19-20-24(26(30)32-23-28(5,6)7)21-25(29)31-22-27(2,3)4/h24H,8-23H2,1-7H3. The molecule has 0 aromatic heterocycles. The van der Waals surface area contributed by atoms with Crippen LogP contribution >= 0.6 is 0 Å². The normalized spacial score (nSPS) is 13.1. The summed E-state index contributed by atoms with van der Waals surface area (Å²) in [7, 11) is 0. The number of hydrogen-bond donors (Lipinski definition) is 0. The van der Waals surface area contributed by atoms with Crippen LogP contribution in [0.2, 0.25) is 0 Å². The van der Waals surface area contributed by atoms with Gasteiger partial charge in [-0.15, -0.1) is 0 Å². The molecular weight excluding hydrogens is 400 g/mol. The van der Waals surface area contributed by atoms with E-state index in [1.54, 1.807) is 0 Å². The summed E-state index contributed by atoms with van der Waals surface area (Å²) in [4.78, 5) is 24.9. The van der Waals surface area contributed by atoms with Crippen molar-refractivity contribution >= 4 is 11.9 Å². The molecule has 4 nitrogen and oxygen atoms in total. The van der Waals surface area contributed by atoms with Gasteiger partial charge in [-0.05, 0) is 17.3 Å². The minimum absolute atomic E-state index is 0.0760. The third-order valence-electron chi connectivity index (χ3n) is 5.47. The van der Waals surface area contributed by atoms with E-state index in [4.69, 9.17) is 9.47 Å². The molecule has 0 aliphatic heterocycles. The summed E-state index contributed by atoms with van der Waals surface area (Å²) < 4.78 is 10.9. The molecule has 1 atom stereocenters. The van der Waals surface area contributed by atoms with Gasteiger partial charge in [-0.2, -0.15) is 0 Å². The Morgan fingerprint density at radius 2 is 1.03 bits per heavy atom. The van der Waals surface area contributed by atoms with E-state index in [1.807, 2.05) is 41.5 Å². The largest absolute Gasteiger partial charge is 0.465 e. The van der Waals surface area contributed by atoms with Gasteiger partial charge in [0.05, 0.1) is 25.6 Å². The number of carbonyl (C=O) groups excluding carboxylic acids is 2. The van der Waals surface area contributed by atoms with E-state index in [2.05, 4.69) is 6.92 Å². The van der Waals surface area contributed by atoms with E-state index in [9.17, 15) is 9.59 Å². The molecule has 32 heavy (non-hydrogen) atoms. The lowest BCUT2D eigenvalue weighted by atomic mass is 9.95. The van der Waals surface area contributed by atoms with Crippen LogP contribution in [-0.2, 0) is 19.1 Å². The number of unbranched alkanes of at least 4 members (excludes halogenated alkanes) is 11. The van der Waals surface area contributed by atoms with Gasteiger partial charge < -0.3 is 9.47 Å². The van der Waals surface area contributed by atoms with Gasteiger partial charge in [-0.1, -0.05) is 126 Å². The molecule has 0 heterocycles. The van der Waals surface area contributed by atoms with Crippen molar-refractivity contribution in [2.45, 2.75) is 138 Å². The van der Waals surface area contributed by atoms with Crippen molar-refractivity contribution in [3.63, 3.8) is 0 Å². The van der Waals surface area contributed by atoms with Crippen molar-refractivity contribution in [2.24, 2.45) is 16.7 Å². The highest BCUT2D eigenvalue weighted by atomic mass is 16.5. The average molecular weight is 455 g/mol. The SMILES string of the molecule is CCCCCCCCCCCCCCC(CC(=O)OCC(C)(C)C)C(=O)OCC(C)(C)C. The number of esters is 2. The van der Waals surface area contributed by atoms with Gasteiger partial charge in [-0.25, -0.2) is 0 Å². The van der Waals surface area contributed by atoms with Crippen molar-refractivity contribution in [1.82, 2.24) is 0 Å². The van der Waals surface area contributed by atoms with Crippen molar-refractivity contribution < 1.29 is 19.1 Å². The third-order valence-corrected chi connectivity index (χ3v) is 5.47. The van der Waals surface area contributed by atoms with E-state index in [0.29, 0.717) is 19.6 Å². The first-order valence-electron chi connectivity index (χ1n) is 13.3. The zero-order chi connectivity index (χ0) is 24.5. The van der Waals surface area contributed by atoms with Gasteiger partial charge in [0, 0.05) is 0 Å². The van der Waals surface area contributed by atoms with Crippen molar-refractivity contribution in [3.05, 3.63) is 0 Å². The fourth-order valence-corrected chi connectivity index (χ4v) is 3.50. The van der Waals surface area contributed by atoms with Crippen LogP contribution in [0, 0.1) is 16.7 Å². The second-order valence-corrected chi connectivity index (χ2v) is 12.0. The molecule has 190 valence electrons. The predicted molar refractivity (Wildman–Crippen MR) is 135 cm³/mol. The Labute approximate surface area is 199 Å². The van der Waals surface area contributed by atoms with Crippen LogP contribution in [0.5, 0.6) is 0 Å². The third kappa shape index (κ3) is 20.8. The lowest BCUT2D eigenvalue weighted by molar-refractivity contribution is -0.158. The molecular formula is C28H54O4. The molecule has 0 amide bonds. The van der Waals surface area contributed by atoms with E-state index in [-0.39, 0.29) is 29.2 Å². The topological polar surface area (TPSA) is 52.6 Å². The molecule has 0 saturated carbocycles. The molecule has 0 aliphatic rings. The maximum Gasteiger partial charge on any atom is 0.309 e. The smallest absolute Gasteiger partial charge is 0.309 e. The van der Waals surface area contributed by atoms with E-state index >= 15 is 0 Å². The Morgan fingerprint density at radius 3 is 1.47 bits per heavy atom. The summed E-state index contributed by atoms with van der Waals surface area (Å²) >= 11 is 0. The highest BCUT2D eigenvalue weighted by Crippen LogP contribution is 2.22. The minimum Gasteiger partial charge on any atom is -0.465 e. The number of carbonyl (C=O) groups is 2. The van der Waals surface area contributed by atoms with E-state index in [1.165, 1.54) is 64.2 Å². The molecule has 0 bridgehead atoms. The maximum absolute atomic E-state index is 12.6. The Bertz CT molecular complexity index is 485. The molecule has 0 aromatic rings. The number of hydrogen-bond acceptors (Lipinski definition) is 4. The Morgan fingerprint density at radius 1 is 0.625 bits per heavy atom. The van der Waals surface area contributed by atoms with Crippen molar-refractivity contribution in [3.8, 4) is 0 Å². The fourth-order valence-electron chi connectivity index (χ4n) is 3.50. The molecule has 0 fully saturated rings. The quantitative estimate of drug-likeness (QED) is 0.154. The molecule has 0 spiro atoms. The monoisotopic (exact) mass is 454 g/mol. The van der Waals surface area contributed by atoms with Gasteiger partial charge in [0.2, 0.25) is 0 Å². The van der Waals surface area contributed by atoms with Crippen LogP contribution in [0.15, 0.2) is 0 Å². The van der Waals surface area contributed by atoms with Gasteiger partial charge in [-0.3, -0.25) is 9.59 Å². The molecule has 0 rings (SSSR count). The van der Waals surface area contributed by atoms with Crippen LogP contribution in [0.25, 0.3) is 0 Å². The highest BCUT2D eigenvalue weighted by molar-refractivity contribution is 5.80. The fraction of sp³-hybridized carbons (Fsp3) is 0.929. The summed E-state index contributed by atoms with van der Waals surface area (Å²) in [6.45, 7) is 15.2. The lowest BCUT2D eigenvalue weighted by Gasteiger charge is -2.22. The minimum atomic E-state index is -0.395. The molecule has 0 aromatic carbocycles. The van der Waals surface area contributed by atoms with Crippen molar-refractivity contribution in [1.29, 1.82) is 0 Å². The van der Waals surface area contributed by atoms with Crippen molar-refractivity contribution in [2.75, 3.05) is 13.2 Å². The molecule has 0 aliphatic carbocycles. The van der Waals surface area contributed by atoms with E-state index in [0.717, 1.165) is 12.8 Å². The van der Waals surface area contributed by atoms with E-state index < -0.39 is 5.92 Å². The van der Waals surface area contributed by atoms with Gasteiger partial charge >= 0.3 is 11.9 Å². The first-order chi connectivity index (χ1) is 14.9. The molecule has 4 heteroatoms. The molecule has 1 unspecified atom stereocenters. The van der Waals surface area contributed by atoms with Crippen LogP contribution < -0.4 is 0 Å². The second kappa shape index (κ2) is 17.4. The molecule has 0 N–H and O–H groups in total. The van der Waals surface area contributed by atoms with Crippen LogP contribution in [-0.4, -0.2) is 25.2 Å². The lowest BCUT2D eigenvalue weighted by Crippen LogP contribution is -2.27. The molecule has 0 saturated heterocycles. The van der Waals surface area contributed by atoms with Gasteiger partial charge in [0.1, 0.15) is 0 Å². The highest BCUT2D eigenvalue weighted by Gasteiger charge is 2.26. The zero-order valence-corrected chi connectivity index (χ0v) is 22.5. The van der Waals surface area contributed by atoms with Crippen LogP contribution in [0.1, 0.15) is 138 Å². The summed E-state index contributed by atoms with van der Waals surface area (Å²) in [6, 6.07) is 0. The number of rotatable bonds is 18. The first-order valence-corrected chi connectivity index (χ1v) is 13.3. The Balaban J connectivity index is 4.21. The summed E-state index contributed by atoms with van der Waals surface area (Å²) in [5.41, 5.74) is -0.156. The Hall–Kier alpha value is -1.06. The maximum atomic E-state index is 12.6. The van der Waals surface area contributed by atoms with Gasteiger partial charge in [0.15, 0.2) is 0 Å².